The summed E-state index contributed by atoms with van der Waals surface area (Å²) in [5.41, 5.74) is 5.68. The summed E-state index contributed by atoms with van der Waals surface area (Å²) in [6, 6.07) is 19.9. The van der Waals surface area contributed by atoms with E-state index in [9.17, 15) is 22.8 Å². The molecule has 0 saturated heterocycles. The minimum absolute atomic E-state index is 0.0997. The standard InChI is InChI=1S/C36H45N7O5S2.C2H4O2/c1-23(26-10-8-7-9-11-26)41-35(45)28-16-29(18-33(17-28)43(5)50(6,47)48)36(46)42-31(19-32-21-49-22-39-32)20-38-25(3)34(44)40-24(2)27-12-14-30(37-4)15-13-27;1-2(3)4/h7-18,21-25,31,37-38H,19-20H2,1-6H3,(H,40,44)(H,41,45)(H,42,46);1H3,(H,3,4)/t23-,24-,25+,31+;/m1./s1. The number of rotatable bonds is 16. The molecule has 3 amide bonds. The molecule has 3 aromatic carbocycles. The molecule has 0 aliphatic heterocycles. The summed E-state index contributed by atoms with van der Waals surface area (Å²) >= 11 is 1.43. The van der Waals surface area contributed by atoms with Crippen molar-refractivity contribution in [3.05, 3.63) is 112 Å². The van der Waals surface area contributed by atoms with Gasteiger partial charge in [0.1, 0.15) is 0 Å². The predicted molar refractivity (Wildman–Crippen MR) is 212 cm³/mol. The predicted octanol–water partition coefficient (Wildman–Crippen LogP) is 4.36. The second-order valence-electron chi connectivity index (χ2n) is 12.7. The molecular formula is C38H49N7O7S2. The molecule has 0 aliphatic rings. The summed E-state index contributed by atoms with van der Waals surface area (Å²) in [5, 5.41) is 24.6. The molecule has 0 spiro atoms. The van der Waals surface area contributed by atoms with Crippen molar-refractivity contribution in [1.82, 2.24) is 26.3 Å². The molecule has 0 bridgehead atoms. The summed E-state index contributed by atoms with van der Waals surface area (Å²) in [4.78, 5) is 53.7. The maximum absolute atomic E-state index is 13.8. The van der Waals surface area contributed by atoms with E-state index in [1.807, 2.05) is 80.9 Å². The maximum atomic E-state index is 13.8. The molecule has 1 heterocycles. The molecule has 0 unspecified atom stereocenters. The summed E-state index contributed by atoms with van der Waals surface area (Å²) in [5.74, 6) is -2.02. The third-order valence-electron chi connectivity index (χ3n) is 8.35. The second-order valence-corrected chi connectivity index (χ2v) is 15.4. The molecule has 6 N–H and O–H groups in total. The fraction of sp³-hybridized carbons (Fsp3) is 0.342. The van der Waals surface area contributed by atoms with Crippen molar-refractivity contribution in [2.75, 3.05) is 36.5 Å². The number of carbonyl (C=O) groups is 4. The Morgan fingerprint density at radius 2 is 1.41 bits per heavy atom. The molecule has 4 rings (SSSR count). The zero-order chi connectivity index (χ0) is 40.0. The number of nitrogens with one attached hydrogen (secondary N) is 5. The first kappa shape index (κ1) is 43.1. The molecule has 4 aromatic rings. The van der Waals surface area contributed by atoms with Crippen LogP contribution < -0.4 is 30.9 Å². The molecule has 14 nitrogen and oxygen atoms in total. The summed E-state index contributed by atoms with van der Waals surface area (Å²) in [7, 11) is -0.503. The van der Waals surface area contributed by atoms with Crippen LogP contribution in [0.25, 0.3) is 0 Å². The van der Waals surface area contributed by atoms with Crippen LogP contribution in [-0.4, -0.2) is 81.2 Å². The molecule has 0 aliphatic carbocycles. The van der Waals surface area contributed by atoms with Crippen molar-refractivity contribution < 1.29 is 32.7 Å². The average Bonchev–Trinajstić information content (AvgIpc) is 3.66. The van der Waals surface area contributed by atoms with Gasteiger partial charge < -0.3 is 31.7 Å². The molecular weight excluding hydrogens is 731 g/mol. The van der Waals surface area contributed by atoms with Gasteiger partial charge in [-0.2, -0.15) is 0 Å². The van der Waals surface area contributed by atoms with E-state index >= 15 is 0 Å². The third kappa shape index (κ3) is 13.6. The lowest BCUT2D eigenvalue weighted by molar-refractivity contribution is -0.134. The van der Waals surface area contributed by atoms with E-state index in [4.69, 9.17) is 9.90 Å². The topological polar surface area (TPSA) is 199 Å². The number of aromatic nitrogens is 1. The van der Waals surface area contributed by atoms with E-state index in [-0.39, 0.29) is 41.3 Å². The monoisotopic (exact) mass is 779 g/mol. The van der Waals surface area contributed by atoms with Crippen LogP contribution in [0.5, 0.6) is 0 Å². The number of aliphatic carboxylic acids is 1. The van der Waals surface area contributed by atoms with Gasteiger partial charge in [0, 0.05) is 62.2 Å². The maximum Gasteiger partial charge on any atom is 0.300 e. The number of thiazole rings is 1. The minimum Gasteiger partial charge on any atom is -0.481 e. The van der Waals surface area contributed by atoms with Crippen LogP contribution in [0.3, 0.4) is 0 Å². The zero-order valence-electron chi connectivity index (χ0n) is 31.4. The van der Waals surface area contributed by atoms with Gasteiger partial charge in [-0.3, -0.25) is 23.5 Å². The average molecular weight is 780 g/mol. The number of hydrogen-bond acceptors (Lipinski definition) is 10. The number of carboxylic acids is 1. The number of hydrogen-bond donors (Lipinski definition) is 6. The highest BCUT2D eigenvalue weighted by Gasteiger charge is 2.23. The summed E-state index contributed by atoms with van der Waals surface area (Å²) in [6.07, 6.45) is 1.42. The summed E-state index contributed by atoms with van der Waals surface area (Å²) < 4.78 is 25.9. The van der Waals surface area contributed by atoms with Gasteiger partial charge in [-0.15, -0.1) is 11.3 Å². The Morgan fingerprint density at radius 3 is 1.94 bits per heavy atom. The molecule has 0 saturated carbocycles. The van der Waals surface area contributed by atoms with Gasteiger partial charge >= 0.3 is 0 Å². The smallest absolute Gasteiger partial charge is 0.300 e. The Kier molecular flexibility index (Phi) is 16.1. The first-order chi connectivity index (χ1) is 25.5. The van der Waals surface area contributed by atoms with Gasteiger partial charge in [-0.25, -0.2) is 13.4 Å². The lowest BCUT2D eigenvalue weighted by atomic mass is 10.0. The van der Waals surface area contributed by atoms with Crippen LogP contribution in [0.1, 0.15) is 77.3 Å². The quantitative estimate of drug-likeness (QED) is 0.0951. The summed E-state index contributed by atoms with van der Waals surface area (Å²) in [6.45, 7) is 6.82. The number of benzene rings is 3. The van der Waals surface area contributed by atoms with E-state index in [2.05, 4.69) is 31.6 Å². The van der Waals surface area contributed by atoms with Gasteiger partial charge in [0.2, 0.25) is 15.9 Å². The SMILES string of the molecule is CC(=O)O.CNc1ccc([C@@H](C)NC(=O)[C@H](C)NC[C@H](Cc2cscn2)NC(=O)c2cc(C(=O)N[C@H](C)c3ccccc3)cc(N(C)S(C)(=O)=O)c2)cc1. The van der Waals surface area contributed by atoms with Crippen molar-refractivity contribution in [3.8, 4) is 0 Å². The van der Waals surface area contributed by atoms with E-state index in [0.717, 1.165) is 40.0 Å². The lowest BCUT2D eigenvalue weighted by Crippen LogP contribution is -2.50. The normalized spacial score (nSPS) is 13.2. The third-order valence-corrected chi connectivity index (χ3v) is 10.2. The Hall–Kier alpha value is -5.32. The molecule has 0 fully saturated rings. The van der Waals surface area contributed by atoms with Crippen molar-refractivity contribution in [2.45, 2.75) is 58.3 Å². The number of amides is 3. The van der Waals surface area contributed by atoms with Crippen molar-refractivity contribution in [1.29, 1.82) is 0 Å². The molecule has 290 valence electrons. The molecule has 4 atom stereocenters. The van der Waals surface area contributed by atoms with Crippen LogP contribution in [0.2, 0.25) is 0 Å². The first-order valence-corrected chi connectivity index (χ1v) is 19.9. The van der Waals surface area contributed by atoms with Gasteiger partial charge in [0.15, 0.2) is 0 Å². The number of carbonyl (C=O) groups excluding carboxylic acids is 3. The van der Waals surface area contributed by atoms with Crippen molar-refractivity contribution >= 4 is 56.4 Å². The van der Waals surface area contributed by atoms with Gasteiger partial charge in [-0.05, 0) is 62.2 Å². The van der Waals surface area contributed by atoms with Crippen LogP contribution in [0.15, 0.2) is 83.7 Å². The minimum atomic E-state index is -3.71. The van der Waals surface area contributed by atoms with Crippen molar-refractivity contribution in [2.24, 2.45) is 0 Å². The van der Waals surface area contributed by atoms with Crippen molar-refractivity contribution in [3.63, 3.8) is 0 Å². The Balaban J connectivity index is 0.00000186. The Labute approximate surface area is 320 Å². The molecule has 54 heavy (non-hydrogen) atoms. The van der Waals surface area contributed by atoms with E-state index < -0.39 is 39.9 Å². The fourth-order valence-corrected chi connectivity index (χ4v) is 6.22. The van der Waals surface area contributed by atoms with Gasteiger partial charge in [0.05, 0.1) is 41.3 Å². The highest BCUT2D eigenvalue weighted by molar-refractivity contribution is 7.92. The highest BCUT2D eigenvalue weighted by atomic mass is 32.2. The lowest BCUT2D eigenvalue weighted by Gasteiger charge is -2.24. The van der Waals surface area contributed by atoms with Gasteiger partial charge in [-0.1, -0.05) is 42.5 Å². The molecule has 1 aromatic heterocycles. The number of carboxylic acid groups (broad SMARTS) is 1. The van der Waals surface area contributed by atoms with Crippen LogP contribution >= 0.6 is 11.3 Å². The zero-order valence-corrected chi connectivity index (χ0v) is 33.0. The largest absolute Gasteiger partial charge is 0.481 e. The number of sulfonamides is 1. The first-order valence-electron chi connectivity index (χ1n) is 17.1. The Morgan fingerprint density at radius 1 is 0.852 bits per heavy atom. The van der Waals surface area contributed by atoms with E-state index in [0.29, 0.717) is 6.42 Å². The van der Waals surface area contributed by atoms with Crippen LogP contribution in [-0.2, 0) is 26.0 Å². The van der Waals surface area contributed by atoms with E-state index in [1.54, 1.807) is 12.4 Å². The number of nitrogens with zero attached hydrogens (tertiary/aromatic N) is 2. The highest BCUT2D eigenvalue weighted by Crippen LogP contribution is 2.22. The molecule has 0 radical (unpaired) electrons. The molecule has 16 heteroatoms. The second kappa shape index (κ2) is 20.2. The van der Waals surface area contributed by atoms with Gasteiger partial charge in [0.25, 0.3) is 17.8 Å². The van der Waals surface area contributed by atoms with E-state index in [1.165, 1.54) is 36.6 Å². The fourth-order valence-electron chi connectivity index (χ4n) is 5.16. The van der Waals surface area contributed by atoms with Crippen LogP contribution in [0, 0.1) is 0 Å². The van der Waals surface area contributed by atoms with Crippen LogP contribution in [0.4, 0.5) is 11.4 Å². The Bertz CT molecular complexity index is 1960. The number of anilines is 2.